The molecule has 0 amide bonds. The summed E-state index contributed by atoms with van der Waals surface area (Å²) >= 11 is 1.82. The molecule has 0 radical (unpaired) electrons. The third-order valence-corrected chi connectivity index (χ3v) is 7.69. The molecule has 2 aliphatic rings. The van der Waals surface area contributed by atoms with Gasteiger partial charge in [0.25, 0.3) is 0 Å². The molecule has 1 saturated heterocycles. The van der Waals surface area contributed by atoms with Crippen LogP contribution < -0.4 is 0 Å². The zero-order valence-corrected chi connectivity index (χ0v) is 16.0. The van der Waals surface area contributed by atoms with Crippen LogP contribution in [0.3, 0.4) is 0 Å². The molecule has 0 bridgehead atoms. The normalized spacial score (nSPS) is 22.4. The topological polar surface area (TPSA) is 64.8 Å². The van der Waals surface area contributed by atoms with Crippen molar-refractivity contribution in [1.29, 1.82) is 0 Å². The Balaban J connectivity index is 1.49. The standard InChI is InChI=1S/C18H23N3O2S2/c1-13-4-2-3-5-15(13)10-24-11-17-19-18(14-6-7-14)20-21(17)16-8-9-25(22,23)12-16/h2-5,14,16H,6-12H2,1H3/t16-/m1/s1. The second kappa shape index (κ2) is 6.76. The number of hydrogen-bond acceptors (Lipinski definition) is 5. The van der Waals surface area contributed by atoms with E-state index in [1.807, 2.05) is 16.4 Å². The van der Waals surface area contributed by atoms with Crippen LogP contribution in [-0.2, 0) is 21.3 Å². The van der Waals surface area contributed by atoms with Crippen LogP contribution in [0.15, 0.2) is 24.3 Å². The fourth-order valence-corrected chi connectivity index (χ4v) is 5.99. The van der Waals surface area contributed by atoms with E-state index >= 15 is 0 Å². The summed E-state index contributed by atoms with van der Waals surface area (Å²) < 4.78 is 25.6. The van der Waals surface area contributed by atoms with Crippen LogP contribution >= 0.6 is 11.8 Å². The first-order chi connectivity index (χ1) is 12.0. The highest BCUT2D eigenvalue weighted by Gasteiger charge is 2.34. The molecular weight excluding hydrogens is 354 g/mol. The van der Waals surface area contributed by atoms with Crippen LogP contribution in [0.4, 0.5) is 0 Å². The average molecular weight is 378 g/mol. The predicted octanol–water partition coefficient (Wildman–Crippen LogP) is 3.26. The molecule has 2 heterocycles. The molecule has 5 nitrogen and oxygen atoms in total. The van der Waals surface area contributed by atoms with Gasteiger partial charge in [0, 0.05) is 11.7 Å². The van der Waals surface area contributed by atoms with Gasteiger partial charge in [0.15, 0.2) is 15.7 Å². The average Bonchev–Trinajstić information content (AvgIpc) is 3.24. The Labute approximate surface area is 153 Å². The molecule has 4 rings (SSSR count). The largest absolute Gasteiger partial charge is 0.245 e. The van der Waals surface area contributed by atoms with Crippen molar-refractivity contribution in [3.8, 4) is 0 Å². The minimum Gasteiger partial charge on any atom is -0.245 e. The molecule has 2 fully saturated rings. The van der Waals surface area contributed by atoms with Gasteiger partial charge in [0.05, 0.1) is 23.3 Å². The molecule has 1 atom stereocenters. The van der Waals surface area contributed by atoms with Crippen molar-refractivity contribution in [3.63, 3.8) is 0 Å². The zero-order chi connectivity index (χ0) is 17.4. The van der Waals surface area contributed by atoms with E-state index in [1.165, 1.54) is 11.1 Å². The number of thioether (sulfide) groups is 1. The van der Waals surface area contributed by atoms with E-state index < -0.39 is 9.84 Å². The van der Waals surface area contributed by atoms with Crippen molar-refractivity contribution in [3.05, 3.63) is 47.0 Å². The van der Waals surface area contributed by atoms with Crippen molar-refractivity contribution in [2.45, 2.75) is 49.7 Å². The van der Waals surface area contributed by atoms with E-state index in [-0.39, 0.29) is 17.5 Å². The number of benzene rings is 1. The summed E-state index contributed by atoms with van der Waals surface area (Å²) in [5.41, 5.74) is 2.64. The van der Waals surface area contributed by atoms with Crippen LogP contribution in [0.1, 0.15) is 54.0 Å². The van der Waals surface area contributed by atoms with Crippen LogP contribution in [0.5, 0.6) is 0 Å². The van der Waals surface area contributed by atoms with E-state index in [1.54, 1.807) is 0 Å². The summed E-state index contributed by atoms with van der Waals surface area (Å²) in [6, 6.07) is 8.38. The smallest absolute Gasteiger partial charge is 0.154 e. The summed E-state index contributed by atoms with van der Waals surface area (Å²) in [6.45, 7) is 2.13. The first kappa shape index (κ1) is 17.1. The van der Waals surface area contributed by atoms with E-state index in [0.29, 0.717) is 12.3 Å². The second-order valence-corrected chi connectivity index (χ2v) is 10.3. The third-order valence-electron chi connectivity index (χ3n) is 4.97. The molecule has 7 heteroatoms. The maximum Gasteiger partial charge on any atom is 0.154 e. The zero-order valence-electron chi connectivity index (χ0n) is 14.4. The minimum absolute atomic E-state index is 0.0425. The van der Waals surface area contributed by atoms with E-state index in [2.05, 4.69) is 31.2 Å². The Bertz CT molecular complexity index is 872. The Hall–Kier alpha value is -1.34. The molecule has 1 aromatic carbocycles. The van der Waals surface area contributed by atoms with Crippen molar-refractivity contribution in [1.82, 2.24) is 14.8 Å². The molecule has 2 aromatic rings. The SMILES string of the molecule is Cc1ccccc1CSCc1nc(C2CC2)nn1[C@@H]1CCS(=O)(=O)C1. The molecular formula is C18H23N3O2S2. The van der Waals surface area contributed by atoms with Crippen molar-refractivity contribution in [2.24, 2.45) is 0 Å². The Morgan fingerprint density at radius 3 is 2.68 bits per heavy atom. The second-order valence-electron chi connectivity index (χ2n) is 7.08. The van der Waals surface area contributed by atoms with E-state index in [4.69, 9.17) is 10.1 Å². The summed E-state index contributed by atoms with van der Waals surface area (Å²) in [4.78, 5) is 4.75. The lowest BCUT2D eigenvalue weighted by atomic mass is 10.1. The van der Waals surface area contributed by atoms with Gasteiger partial charge in [-0.25, -0.2) is 18.1 Å². The Morgan fingerprint density at radius 2 is 2.00 bits per heavy atom. The van der Waals surface area contributed by atoms with Crippen LogP contribution in [0, 0.1) is 6.92 Å². The highest BCUT2D eigenvalue weighted by Crippen LogP contribution is 2.39. The van der Waals surface area contributed by atoms with Gasteiger partial charge in [0.1, 0.15) is 5.82 Å². The third kappa shape index (κ3) is 3.92. The van der Waals surface area contributed by atoms with Gasteiger partial charge in [-0.1, -0.05) is 24.3 Å². The van der Waals surface area contributed by atoms with Crippen molar-refractivity contribution < 1.29 is 8.42 Å². The van der Waals surface area contributed by atoms with Gasteiger partial charge < -0.3 is 0 Å². The van der Waals surface area contributed by atoms with E-state index in [0.717, 1.165) is 36.0 Å². The molecule has 1 aliphatic heterocycles. The van der Waals surface area contributed by atoms with Crippen LogP contribution in [-0.4, -0.2) is 34.7 Å². The van der Waals surface area contributed by atoms with Gasteiger partial charge in [-0.15, -0.1) is 11.8 Å². The maximum atomic E-state index is 11.8. The quantitative estimate of drug-likeness (QED) is 0.773. The molecule has 134 valence electrons. The number of aromatic nitrogens is 3. The minimum atomic E-state index is -2.92. The number of aryl methyl sites for hydroxylation is 1. The molecule has 25 heavy (non-hydrogen) atoms. The predicted molar refractivity (Wildman–Crippen MR) is 100 cm³/mol. The lowest BCUT2D eigenvalue weighted by molar-refractivity contribution is 0.481. The molecule has 0 N–H and O–H groups in total. The Morgan fingerprint density at radius 1 is 1.20 bits per heavy atom. The molecule has 1 aromatic heterocycles. The molecule has 0 unspecified atom stereocenters. The number of nitrogens with zero attached hydrogens (tertiary/aromatic N) is 3. The number of sulfone groups is 1. The highest BCUT2D eigenvalue weighted by atomic mass is 32.2. The van der Waals surface area contributed by atoms with Gasteiger partial charge in [-0.05, 0) is 37.3 Å². The molecule has 0 spiro atoms. The van der Waals surface area contributed by atoms with Gasteiger partial charge in [-0.3, -0.25) is 0 Å². The molecule has 1 aliphatic carbocycles. The summed E-state index contributed by atoms with van der Waals surface area (Å²) in [5, 5.41) is 4.69. The fraction of sp³-hybridized carbons (Fsp3) is 0.556. The van der Waals surface area contributed by atoms with Gasteiger partial charge in [0.2, 0.25) is 0 Å². The Kier molecular flexibility index (Phi) is 4.62. The first-order valence-corrected chi connectivity index (χ1v) is 11.8. The van der Waals surface area contributed by atoms with Crippen molar-refractivity contribution in [2.75, 3.05) is 11.5 Å². The fourth-order valence-electron chi connectivity index (χ4n) is 3.27. The lowest BCUT2D eigenvalue weighted by Crippen LogP contribution is -2.15. The van der Waals surface area contributed by atoms with Gasteiger partial charge in [-0.2, -0.15) is 5.10 Å². The number of rotatable bonds is 6. The summed E-state index contributed by atoms with van der Waals surface area (Å²) in [5.74, 6) is 4.51. The van der Waals surface area contributed by atoms with Crippen LogP contribution in [0.2, 0.25) is 0 Å². The monoisotopic (exact) mass is 377 g/mol. The molecule has 1 saturated carbocycles. The summed E-state index contributed by atoms with van der Waals surface area (Å²) in [7, 11) is -2.92. The van der Waals surface area contributed by atoms with E-state index in [9.17, 15) is 8.42 Å². The van der Waals surface area contributed by atoms with Gasteiger partial charge >= 0.3 is 0 Å². The highest BCUT2D eigenvalue weighted by molar-refractivity contribution is 7.97. The lowest BCUT2D eigenvalue weighted by Gasteiger charge is -2.12. The van der Waals surface area contributed by atoms with Crippen molar-refractivity contribution >= 4 is 21.6 Å². The first-order valence-electron chi connectivity index (χ1n) is 8.80. The van der Waals surface area contributed by atoms with Crippen LogP contribution in [0.25, 0.3) is 0 Å². The summed E-state index contributed by atoms with van der Waals surface area (Å²) in [6.07, 6.45) is 2.97. The maximum absolute atomic E-state index is 11.8. The number of hydrogen-bond donors (Lipinski definition) is 0.